The van der Waals surface area contributed by atoms with Crippen molar-refractivity contribution in [1.82, 2.24) is 14.7 Å². The molecule has 1 atom stereocenters. The van der Waals surface area contributed by atoms with E-state index in [-0.39, 0.29) is 37.0 Å². The number of rotatable bonds is 9. The monoisotopic (exact) mass is 645 g/mol. The third kappa shape index (κ3) is 8.18. The Bertz CT molecular complexity index is 1630. The lowest BCUT2D eigenvalue weighted by Gasteiger charge is -2.35. The molecule has 0 N–H and O–H groups in total. The molecule has 2 amide bonds. The molecule has 0 bridgehead atoms. The number of benzene rings is 3. The van der Waals surface area contributed by atoms with Gasteiger partial charge in [-0.2, -0.15) is 13.2 Å². The van der Waals surface area contributed by atoms with E-state index in [0.717, 1.165) is 42.9 Å². The van der Waals surface area contributed by atoms with Gasteiger partial charge in [0.05, 0.1) is 24.3 Å². The maximum atomic E-state index is 13.4. The summed E-state index contributed by atoms with van der Waals surface area (Å²) in [4.78, 5) is 45.4. The van der Waals surface area contributed by atoms with Gasteiger partial charge in [0, 0.05) is 56.3 Å². The molecule has 1 saturated heterocycles. The fourth-order valence-corrected chi connectivity index (χ4v) is 6.02. The van der Waals surface area contributed by atoms with E-state index in [1.54, 1.807) is 38.1 Å². The summed E-state index contributed by atoms with van der Waals surface area (Å²) in [5, 5.41) is 0. The molecule has 2 aliphatic heterocycles. The van der Waals surface area contributed by atoms with Gasteiger partial charge in [0.1, 0.15) is 0 Å². The average Bonchev–Trinajstić information content (AvgIpc) is 3.07. The van der Waals surface area contributed by atoms with Gasteiger partial charge in [0.2, 0.25) is 5.91 Å². The SMILES string of the molecule is CCOC(=O)C1=C(C)N(Cc2ccc(C(=O)N3CCN(C/C=C/c4ccccc4)CC3)cc2)C(=O)CC1c1ccc(C(F)(F)F)cc1. The Morgan fingerprint density at radius 2 is 1.57 bits per heavy atom. The second-order valence-corrected chi connectivity index (χ2v) is 11.7. The number of esters is 1. The predicted octanol–water partition coefficient (Wildman–Crippen LogP) is 6.53. The van der Waals surface area contributed by atoms with E-state index in [1.165, 1.54) is 17.0 Å². The van der Waals surface area contributed by atoms with Gasteiger partial charge in [-0.3, -0.25) is 14.5 Å². The van der Waals surface area contributed by atoms with Gasteiger partial charge >= 0.3 is 12.1 Å². The summed E-state index contributed by atoms with van der Waals surface area (Å²) in [6.45, 7) is 7.22. The van der Waals surface area contributed by atoms with Crippen LogP contribution in [0.3, 0.4) is 0 Å². The molecule has 3 aromatic rings. The van der Waals surface area contributed by atoms with Crippen molar-refractivity contribution >= 4 is 23.9 Å². The highest BCUT2D eigenvalue weighted by Gasteiger charge is 2.38. The maximum Gasteiger partial charge on any atom is 0.416 e. The van der Waals surface area contributed by atoms with Crippen molar-refractivity contribution in [2.24, 2.45) is 0 Å². The van der Waals surface area contributed by atoms with Crippen LogP contribution in [-0.4, -0.2) is 71.8 Å². The van der Waals surface area contributed by atoms with Gasteiger partial charge in [-0.05, 0) is 54.8 Å². The molecule has 246 valence electrons. The van der Waals surface area contributed by atoms with Crippen LogP contribution in [0.2, 0.25) is 0 Å². The molecule has 1 unspecified atom stereocenters. The molecule has 7 nitrogen and oxygen atoms in total. The van der Waals surface area contributed by atoms with E-state index in [0.29, 0.717) is 29.9 Å². The van der Waals surface area contributed by atoms with Gasteiger partial charge in [-0.1, -0.05) is 66.7 Å². The number of nitrogens with zero attached hydrogens (tertiary/aromatic N) is 3. The van der Waals surface area contributed by atoms with Crippen LogP contribution in [0.5, 0.6) is 0 Å². The number of hydrogen-bond donors (Lipinski definition) is 0. The van der Waals surface area contributed by atoms with Crippen LogP contribution < -0.4 is 0 Å². The predicted molar refractivity (Wildman–Crippen MR) is 173 cm³/mol. The molecule has 0 saturated carbocycles. The van der Waals surface area contributed by atoms with E-state index in [4.69, 9.17) is 4.74 Å². The van der Waals surface area contributed by atoms with E-state index in [9.17, 15) is 27.6 Å². The Labute approximate surface area is 272 Å². The normalized spacial score (nSPS) is 17.8. The van der Waals surface area contributed by atoms with Crippen LogP contribution in [-0.2, 0) is 27.0 Å². The molecular weight excluding hydrogens is 607 g/mol. The lowest BCUT2D eigenvalue weighted by atomic mass is 9.83. The zero-order chi connectivity index (χ0) is 33.6. The molecule has 10 heteroatoms. The molecule has 3 aromatic carbocycles. The highest BCUT2D eigenvalue weighted by molar-refractivity contribution is 5.96. The van der Waals surface area contributed by atoms with Crippen molar-refractivity contribution in [2.75, 3.05) is 39.3 Å². The number of halogens is 3. The summed E-state index contributed by atoms with van der Waals surface area (Å²) >= 11 is 0. The summed E-state index contributed by atoms with van der Waals surface area (Å²) in [6, 6.07) is 21.7. The smallest absolute Gasteiger partial charge is 0.416 e. The van der Waals surface area contributed by atoms with Gasteiger partial charge in [-0.15, -0.1) is 0 Å². The molecule has 5 rings (SSSR count). The first-order chi connectivity index (χ1) is 22.5. The van der Waals surface area contributed by atoms with Crippen LogP contribution in [0.1, 0.15) is 58.8 Å². The second kappa shape index (κ2) is 14.8. The highest BCUT2D eigenvalue weighted by atomic mass is 19.4. The summed E-state index contributed by atoms with van der Waals surface area (Å²) in [6.07, 6.45) is -0.353. The van der Waals surface area contributed by atoms with Crippen molar-refractivity contribution in [2.45, 2.75) is 38.9 Å². The van der Waals surface area contributed by atoms with E-state index in [1.807, 2.05) is 23.1 Å². The minimum absolute atomic E-state index is 0.0508. The number of hydrogen-bond acceptors (Lipinski definition) is 5. The first-order valence-electron chi connectivity index (χ1n) is 15.7. The minimum atomic E-state index is -4.50. The standard InChI is InChI=1S/C37H38F3N3O4/c1-3-47-36(46)34-26(2)43(33(44)24-32(34)29-15-17-31(18-16-29)37(38,39)40)25-28-11-13-30(14-12-28)35(45)42-22-20-41(21-23-42)19-7-10-27-8-5-4-6-9-27/h4-18,32H,3,19-25H2,1-2H3/b10-7+. The van der Waals surface area contributed by atoms with Crippen molar-refractivity contribution in [1.29, 1.82) is 0 Å². The van der Waals surface area contributed by atoms with Crippen LogP contribution in [0, 0.1) is 0 Å². The van der Waals surface area contributed by atoms with Crippen molar-refractivity contribution in [3.05, 3.63) is 124 Å². The number of carbonyl (C=O) groups excluding carboxylic acids is 3. The zero-order valence-electron chi connectivity index (χ0n) is 26.5. The van der Waals surface area contributed by atoms with Crippen LogP contribution in [0.25, 0.3) is 6.08 Å². The summed E-state index contributed by atoms with van der Waals surface area (Å²) in [5.41, 5.74) is 2.73. The van der Waals surface area contributed by atoms with Crippen molar-refractivity contribution in [3.63, 3.8) is 0 Å². The Hall–Kier alpha value is -4.70. The van der Waals surface area contributed by atoms with Crippen LogP contribution in [0.4, 0.5) is 13.2 Å². The Morgan fingerprint density at radius 3 is 2.19 bits per heavy atom. The highest BCUT2D eigenvalue weighted by Crippen LogP contribution is 2.39. The summed E-state index contributed by atoms with van der Waals surface area (Å²) < 4.78 is 44.7. The molecular formula is C37H38F3N3O4. The molecule has 0 aliphatic carbocycles. The van der Waals surface area contributed by atoms with Crippen LogP contribution >= 0.6 is 0 Å². The quantitative estimate of drug-likeness (QED) is 0.248. The molecule has 0 spiro atoms. The van der Waals surface area contributed by atoms with Crippen molar-refractivity contribution < 1.29 is 32.3 Å². The average molecular weight is 646 g/mol. The number of ether oxygens (including phenoxy) is 1. The summed E-state index contributed by atoms with van der Waals surface area (Å²) in [7, 11) is 0. The fourth-order valence-electron chi connectivity index (χ4n) is 6.02. The number of piperazine rings is 1. The first-order valence-corrected chi connectivity index (χ1v) is 15.7. The Balaban J connectivity index is 1.23. The van der Waals surface area contributed by atoms with Crippen molar-refractivity contribution in [3.8, 4) is 0 Å². The van der Waals surface area contributed by atoms with Gasteiger partial charge in [0.15, 0.2) is 0 Å². The van der Waals surface area contributed by atoms with E-state index in [2.05, 4.69) is 29.2 Å². The number of carbonyl (C=O) groups is 3. The van der Waals surface area contributed by atoms with Gasteiger partial charge in [0.25, 0.3) is 5.91 Å². The zero-order valence-corrected chi connectivity index (χ0v) is 26.5. The minimum Gasteiger partial charge on any atom is -0.463 e. The Kier molecular flexibility index (Phi) is 10.6. The molecule has 1 fully saturated rings. The third-order valence-electron chi connectivity index (χ3n) is 8.63. The number of alkyl halides is 3. The van der Waals surface area contributed by atoms with Gasteiger partial charge in [-0.25, -0.2) is 4.79 Å². The second-order valence-electron chi connectivity index (χ2n) is 11.7. The molecule has 2 aliphatic rings. The lowest BCUT2D eigenvalue weighted by molar-refractivity contribution is -0.140. The van der Waals surface area contributed by atoms with Crippen LogP contribution in [0.15, 0.2) is 96.2 Å². The topological polar surface area (TPSA) is 70.2 Å². The Morgan fingerprint density at radius 1 is 0.915 bits per heavy atom. The van der Waals surface area contributed by atoms with Gasteiger partial charge < -0.3 is 14.5 Å². The fraction of sp³-hybridized carbons (Fsp3) is 0.324. The van der Waals surface area contributed by atoms with E-state index < -0.39 is 23.6 Å². The third-order valence-corrected chi connectivity index (χ3v) is 8.63. The lowest BCUT2D eigenvalue weighted by Crippen LogP contribution is -2.48. The molecule has 47 heavy (non-hydrogen) atoms. The number of allylic oxidation sites excluding steroid dienone is 1. The molecule has 0 aromatic heterocycles. The summed E-state index contributed by atoms with van der Waals surface area (Å²) in [5.74, 6) is -1.66. The van der Waals surface area contributed by atoms with E-state index >= 15 is 0 Å². The first kappa shape index (κ1) is 33.7. The largest absolute Gasteiger partial charge is 0.463 e. The molecule has 0 radical (unpaired) electrons. The maximum absolute atomic E-state index is 13.4. The number of amides is 2. The molecule has 2 heterocycles.